The number of alkyl halides is 1. The van der Waals surface area contributed by atoms with Gasteiger partial charge in [0, 0.05) is 18.2 Å². The zero-order chi connectivity index (χ0) is 9.28. The largest absolute Gasteiger partial charge is 0.366 e. The van der Waals surface area contributed by atoms with Crippen LogP contribution >= 0.6 is 11.6 Å². The van der Waals surface area contributed by atoms with Gasteiger partial charge in [0.15, 0.2) is 0 Å². The highest BCUT2D eigenvalue weighted by Crippen LogP contribution is 1.87. The van der Waals surface area contributed by atoms with E-state index >= 15 is 0 Å². The molecule has 0 aromatic heterocycles. The van der Waals surface area contributed by atoms with Crippen molar-refractivity contribution in [3.05, 3.63) is 24.3 Å². The molecule has 0 heterocycles. The average Bonchev–Trinajstić information content (AvgIpc) is 2.03. The van der Waals surface area contributed by atoms with Crippen LogP contribution in [0, 0.1) is 5.41 Å². The number of carbonyl (C=O) groups excluding carboxylic acids is 1. The summed E-state index contributed by atoms with van der Waals surface area (Å²) in [5.41, 5.74) is 5.02. The molecule has 0 aromatic rings. The molecule has 4 heteroatoms. The number of hydrogen-bond donors (Lipinski definition) is 2. The third-order valence-corrected chi connectivity index (χ3v) is 0.710. The van der Waals surface area contributed by atoms with Gasteiger partial charge in [0.05, 0.1) is 0 Å². The fraction of sp³-hybridized carbons (Fsp3) is 0.143. The quantitative estimate of drug-likeness (QED) is 0.286. The van der Waals surface area contributed by atoms with Gasteiger partial charge in [-0.05, 0) is 12.2 Å². The number of nitrogens with one attached hydrogen (secondary N) is 1. The minimum atomic E-state index is -0.562. The lowest BCUT2D eigenvalue weighted by molar-refractivity contribution is -0.114. The molecule has 0 bridgehead atoms. The van der Waals surface area contributed by atoms with E-state index in [1.807, 2.05) is 0 Å². The molecular weight excluding hydrogens is 164 g/mol. The number of amides is 1. The van der Waals surface area contributed by atoms with E-state index in [4.69, 9.17) is 11.1 Å². The minimum Gasteiger partial charge on any atom is -0.366 e. The number of allylic oxidation sites excluding steroid dienone is 1. The highest BCUT2D eigenvalue weighted by atomic mass is 35.5. The van der Waals surface area contributed by atoms with Crippen LogP contribution in [0.25, 0.3) is 0 Å². The van der Waals surface area contributed by atoms with Crippen LogP contribution in [-0.2, 0) is 4.79 Å². The molecular formula is C7H11ClN2O. The first kappa shape index (κ1) is 12.6. The lowest BCUT2D eigenvalue weighted by Gasteiger charge is -1.86. The lowest BCUT2D eigenvalue weighted by Crippen LogP contribution is -2.11. The standard InChI is InChI=1S/C6H8N2O.CH3Cl/c1-5(6(8)9)3-2-4-7;1-2/h2-4,7H,1H2,(H2,8,9);1H3/b3-2-,7-4?;. The van der Waals surface area contributed by atoms with Gasteiger partial charge in [-0.3, -0.25) is 4.79 Å². The summed E-state index contributed by atoms with van der Waals surface area (Å²) < 4.78 is 0. The van der Waals surface area contributed by atoms with Gasteiger partial charge in [0.2, 0.25) is 5.91 Å². The van der Waals surface area contributed by atoms with Crippen molar-refractivity contribution in [1.82, 2.24) is 0 Å². The molecule has 0 saturated heterocycles. The maximum Gasteiger partial charge on any atom is 0.248 e. The van der Waals surface area contributed by atoms with E-state index in [9.17, 15) is 4.79 Å². The van der Waals surface area contributed by atoms with E-state index in [2.05, 4.69) is 18.2 Å². The molecule has 0 rings (SSSR count). The molecule has 0 saturated carbocycles. The third kappa shape index (κ3) is 8.91. The van der Waals surface area contributed by atoms with Gasteiger partial charge < -0.3 is 11.1 Å². The number of hydrogen-bond acceptors (Lipinski definition) is 2. The Labute approximate surface area is 71.0 Å². The zero-order valence-electron chi connectivity index (χ0n) is 6.30. The summed E-state index contributed by atoms with van der Waals surface area (Å²) in [6, 6.07) is 0. The van der Waals surface area contributed by atoms with Crippen molar-refractivity contribution < 1.29 is 4.79 Å². The minimum absolute atomic E-state index is 0.207. The molecule has 0 fully saturated rings. The van der Waals surface area contributed by atoms with Crippen LogP contribution in [0.4, 0.5) is 0 Å². The molecule has 0 aliphatic rings. The Hall–Kier alpha value is -1.09. The summed E-state index contributed by atoms with van der Waals surface area (Å²) in [6.07, 6.45) is 5.29. The Morgan fingerprint density at radius 2 is 2.09 bits per heavy atom. The van der Waals surface area contributed by atoms with Crippen molar-refractivity contribution in [2.75, 3.05) is 6.38 Å². The number of halogens is 1. The van der Waals surface area contributed by atoms with Gasteiger partial charge in [-0.15, -0.1) is 11.6 Å². The topological polar surface area (TPSA) is 66.9 Å². The van der Waals surface area contributed by atoms with Crippen molar-refractivity contribution in [2.24, 2.45) is 5.73 Å². The molecule has 3 nitrogen and oxygen atoms in total. The molecule has 0 atom stereocenters. The predicted octanol–water partition coefficient (Wildman–Crippen LogP) is 1.09. The van der Waals surface area contributed by atoms with E-state index < -0.39 is 5.91 Å². The maximum atomic E-state index is 10.2. The van der Waals surface area contributed by atoms with E-state index in [0.717, 1.165) is 6.21 Å². The molecule has 0 aliphatic heterocycles. The van der Waals surface area contributed by atoms with Crippen molar-refractivity contribution in [3.63, 3.8) is 0 Å². The van der Waals surface area contributed by atoms with E-state index in [-0.39, 0.29) is 5.57 Å². The molecule has 0 aliphatic carbocycles. The van der Waals surface area contributed by atoms with Crippen molar-refractivity contribution in [1.29, 1.82) is 5.41 Å². The first-order valence-electron chi connectivity index (χ1n) is 2.72. The predicted molar refractivity (Wildman–Crippen MR) is 48.0 cm³/mol. The smallest absolute Gasteiger partial charge is 0.248 e. The van der Waals surface area contributed by atoms with Crippen LogP contribution in [-0.4, -0.2) is 18.5 Å². The highest BCUT2D eigenvalue weighted by molar-refractivity contribution is 6.15. The highest BCUT2D eigenvalue weighted by Gasteiger charge is 1.92. The van der Waals surface area contributed by atoms with Gasteiger partial charge in [0.25, 0.3) is 0 Å². The Bertz CT molecular complexity index is 175. The molecule has 1 amide bonds. The second-order valence-electron chi connectivity index (χ2n) is 1.42. The molecule has 62 valence electrons. The number of rotatable bonds is 3. The van der Waals surface area contributed by atoms with E-state index in [0.29, 0.717) is 0 Å². The molecule has 3 N–H and O–H groups in total. The first-order valence-corrected chi connectivity index (χ1v) is 3.47. The Balaban J connectivity index is 0. The molecule has 11 heavy (non-hydrogen) atoms. The van der Waals surface area contributed by atoms with Crippen molar-refractivity contribution in [2.45, 2.75) is 0 Å². The summed E-state index contributed by atoms with van der Waals surface area (Å²) in [7, 11) is 0. The SMILES string of the molecule is C=C(/C=C\C=N)C(N)=O.CCl. The fourth-order valence-electron chi connectivity index (χ4n) is 0.246. The summed E-state index contributed by atoms with van der Waals surface area (Å²) >= 11 is 4.64. The third-order valence-electron chi connectivity index (χ3n) is 0.710. The zero-order valence-corrected chi connectivity index (χ0v) is 7.06. The maximum absolute atomic E-state index is 10.2. The molecule has 0 unspecified atom stereocenters. The van der Waals surface area contributed by atoms with E-state index in [1.54, 1.807) is 0 Å². The summed E-state index contributed by atoms with van der Waals surface area (Å²) in [5, 5.41) is 6.53. The lowest BCUT2D eigenvalue weighted by atomic mass is 10.3. The number of nitrogens with two attached hydrogens (primary N) is 1. The summed E-state index contributed by atoms with van der Waals surface area (Å²) in [6.45, 7) is 3.33. The summed E-state index contributed by atoms with van der Waals surface area (Å²) in [5.74, 6) is -0.562. The second kappa shape index (κ2) is 8.91. The Kier molecular flexibility index (Phi) is 10.2. The van der Waals surface area contributed by atoms with Gasteiger partial charge in [-0.2, -0.15) is 0 Å². The van der Waals surface area contributed by atoms with Crippen LogP contribution in [0.3, 0.4) is 0 Å². The van der Waals surface area contributed by atoms with Crippen LogP contribution in [0.15, 0.2) is 24.3 Å². The Morgan fingerprint density at radius 3 is 2.36 bits per heavy atom. The van der Waals surface area contributed by atoms with Crippen molar-refractivity contribution in [3.8, 4) is 0 Å². The number of primary amides is 1. The number of carbonyl (C=O) groups is 1. The normalized spacial score (nSPS) is 8.18. The monoisotopic (exact) mass is 174 g/mol. The Morgan fingerprint density at radius 1 is 1.64 bits per heavy atom. The van der Waals surface area contributed by atoms with Crippen molar-refractivity contribution >= 4 is 23.7 Å². The van der Waals surface area contributed by atoms with E-state index in [1.165, 1.54) is 18.5 Å². The first-order chi connectivity index (χ1) is 5.18. The molecule has 0 spiro atoms. The average molecular weight is 175 g/mol. The van der Waals surface area contributed by atoms with Gasteiger partial charge >= 0.3 is 0 Å². The van der Waals surface area contributed by atoms with Crippen LogP contribution in [0.1, 0.15) is 0 Å². The van der Waals surface area contributed by atoms with Crippen LogP contribution in [0.2, 0.25) is 0 Å². The van der Waals surface area contributed by atoms with Gasteiger partial charge in [-0.25, -0.2) is 0 Å². The van der Waals surface area contributed by atoms with Gasteiger partial charge in [-0.1, -0.05) is 6.58 Å². The van der Waals surface area contributed by atoms with Gasteiger partial charge in [0.1, 0.15) is 0 Å². The second-order valence-corrected chi connectivity index (χ2v) is 1.42. The van der Waals surface area contributed by atoms with Crippen LogP contribution in [0.5, 0.6) is 0 Å². The fourth-order valence-corrected chi connectivity index (χ4v) is 0.246. The molecule has 0 radical (unpaired) electrons. The summed E-state index contributed by atoms with van der Waals surface area (Å²) in [4.78, 5) is 10.2. The van der Waals surface area contributed by atoms with Crippen LogP contribution < -0.4 is 5.73 Å². The molecule has 0 aromatic carbocycles.